The van der Waals surface area contributed by atoms with Crippen molar-refractivity contribution in [1.29, 1.82) is 0 Å². The summed E-state index contributed by atoms with van der Waals surface area (Å²) < 4.78 is 11.2. The number of guanidine groups is 1. The smallest absolute Gasteiger partial charge is 0.191 e. The maximum atomic E-state index is 5.74. The van der Waals surface area contributed by atoms with Gasteiger partial charge in [0.05, 0.1) is 19.8 Å². The van der Waals surface area contributed by atoms with E-state index in [4.69, 9.17) is 9.47 Å². The quantitative estimate of drug-likeness (QED) is 0.299. The summed E-state index contributed by atoms with van der Waals surface area (Å²) in [4.78, 5) is 6.83. The molecule has 0 radical (unpaired) electrons. The first-order chi connectivity index (χ1) is 13.4. The van der Waals surface area contributed by atoms with Gasteiger partial charge < -0.3 is 20.1 Å². The van der Waals surface area contributed by atoms with E-state index in [9.17, 15) is 0 Å². The predicted molar refractivity (Wildman–Crippen MR) is 132 cm³/mol. The predicted octanol–water partition coefficient (Wildman–Crippen LogP) is 3.16. The fourth-order valence-electron chi connectivity index (χ4n) is 3.14. The zero-order valence-electron chi connectivity index (χ0n) is 18.7. The standard InChI is InChI=1S/C22H38N4O2.HI/c1-18(2)16-28-20-8-6-19(7-9-20)10-11-24-21(23-5)25-17-22(3,4)26-12-14-27-15-13-26;/h6-9,18H,10-17H2,1-5H3,(H2,23,24,25);1H. The van der Waals surface area contributed by atoms with Crippen molar-refractivity contribution in [3.8, 4) is 5.75 Å². The number of benzene rings is 1. The van der Waals surface area contributed by atoms with Crippen LogP contribution in [-0.2, 0) is 11.2 Å². The topological polar surface area (TPSA) is 58.1 Å². The van der Waals surface area contributed by atoms with Gasteiger partial charge in [0.25, 0.3) is 0 Å². The molecule has 0 spiro atoms. The number of nitrogens with one attached hydrogen (secondary N) is 2. The third kappa shape index (κ3) is 9.53. The number of aliphatic imine (C=N–C) groups is 1. The Morgan fingerprint density at radius 3 is 2.41 bits per heavy atom. The number of nitrogens with zero attached hydrogens (tertiary/aromatic N) is 2. The molecule has 0 aromatic heterocycles. The lowest BCUT2D eigenvalue weighted by molar-refractivity contribution is -0.00833. The Labute approximate surface area is 193 Å². The van der Waals surface area contributed by atoms with Crippen LogP contribution in [0.5, 0.6) is 5.75 Å². The molecule has 0 unspecified atom stereocenters. The lowest BCUT2D eigenvalue weighted by Gasteiger charge is -2.41. The normalized spacial score (nSPS) is 15.7. The minimum atomic E-state index is 0. The Hall–Kier alpha value is -1.06. The van der Waals surface area contributed by atoms with Gasteiger partial charge in [-0.05, 0) is 43.9 Å². The fraction of sp³-hybridized carbons (Fsp3) is 0.682. The molecule has 1 aliphatic heterocycles. The highest BCUT2D eigenvalue weighted by Crippen LogP contribution is 2.15. The molecule has 1 fully saturated rings. The van der Waals surface area contributed by atoms with Crippen LogP contribution in [0.1, 0.15) is 33.3 Å². The van der Waals surface area contributed by atoms with Gasteiger partial charge in [-0.1, -0.05) is 26.0 Å². The van der Waals surface area contributed by atoms with E-state index in [0.29, 0.717) is 5.92 Å². The highest BCUT2D eigenvalue weighted by atomic mass is 127. The number of ether oxygens (including phenoxy) is 2. The van der Waals surface area contributed by atoms with E-state index in [1.165, 1.54) is 5.56 Å². The van der Waals surface area contributed by atoms with Crippen molar-refractivity contribution < 1.29 is 9.47 Å². The van der Waals surface area contributed by atoms with Crippen LogP contribution in [0.3, 0.4) is 0 Å². The van der Waals surface area contributed by atoms with Gasteiger partial charge in [0.2, 0.25) is 0 Å². The van der Waals surface area contributed by atoms with E-state index in [1.807, 2.05) is 7.05 Å². The molecule has 0 atom stereocenters. The van der Waals surface area contributed by atoms with Crippen molar-refractivity contribution in [2.45, 2.75) is 39.7 Å². The van der Waals surface area contributed by atoms with Crippen LogP contribution in [0.25, 0.3) is 0 Å². The molecule has 1 aliphatic rings. The van der Waals surface area contributed by atoms with Gasteiger partial charge in [0.1, 0.15) is 5.75 Å². The second-order valence-electron chi connectivity index (χ2n) is 8.36. The average molecular weight is 518 g/mol. The van der Waals surface area contributed by atoms with Gasteiger partial charge in [0, 0.05) is 38.8 Å². The summed E-state index contributed by atoms with van der Waals surface area (Å²) in [6.07, 6.45) is 0.942. The Balaban J connectivity index is 0.00000420. The largest absolute Gasteiger partial charge is 0.493 e. The van der Waals surface area contributed by atoms with Crippen molar-refractivity contribution in [3.05, 3.63) is 29.8 Å². The first-order valence-corrected chi connectivity index (χ1v) is 10.4. The van der Waals surface area contributed by atoms with Crippen molar-refractivity contribution in [2.24, 2.45) is 10.9 Å². The highest BCUT2D eigenvalue weighted by molar-refractivity contribution is 14.0. The summed E-state index contributed by atoms with van der Waals surface area (Å²) in [6, 6.07) is 8.37. The second-order valence-corrected chi connectivity index (χ2v) is 8.36. The molecule has 0 amide bonds. The van der Waals surface area contributed by atoms with Gasteiger partial charge in [-0.25, -0.2) is 0 Å². The summed E-state index contributed by atoms with van der Waals surface area (Å²) in [5.41, 5.74) is 1.35. The molecular weight excluding hydrogens is 479 g/mol. The van der Waals surface area contributed by atoms with Crippen molar-refractivity contribution >= 4 is 29.9 Å². The van der Waals surface area contributed by atoms with Crippen molar-refractivity contribution in [1.82, 2.24) is 15.5 Å². The molecule has 2 N–H and O–H groups in total. The van der Waals surface area contributed by atoms with E-state index in [-0.39, 0.29) is 29.5 Å². The number of hydrogen-bond donors (Lipinski definition) is 2. The summed E-state index contributed by atoms with van der Waals surface area (Å²) >= 11 is 0. The molecule has 0 saturated carbocycles. The van der Waals surface area contributed by atoms with E-state index >= 15 is 0 Å². The summed E-state index contributed by atoms with van der Waals surface area (Å²) in [5, 5.41) is 6.88. The molecule has 166 valence electrons. The Kier molecular flexibility index (Phi) is 11.9. The first-order valence-electron chi connectivity index (χ1n) is 10.4. The lowest BCUT2D eigenvalue weighted by atomic mass is 10.0. The van der Waals surface area contributed by atoms with E-state index < -0.39 is 0 Å². The van der Waals surface area contributed by atoms with Crippen molar-refractivity contribution in [2.75, 3.05) is 53.0 Å². The minimum Gasteiger partial charge on any atom is -0.493 e. The van der Waals surface area contributed by atoms with Crippen LogP contribution >= 0.6 is 24.0 Å². The number of rotatable bonds is 9. The minimum absolute atomic E-state index is 0. The van der Waals surface area contributed by atoms with Crippen LogP contribution in [-0.4, -0.2) is 69.4 Å². The van der Waals surface area contributed by atoms with Crippen LogP contribution < -0.4 is 15.4 Å². The molecule has 0 bridgehead atoms. The maximum absolute atomic E-state index is 5.74. The summed E-state index contributed by atoms with van der Waals surface area (Å²) in [5.74, 6) is 2.32. The molecule has 1 aromatic rings. The molecule has 1 heterocycles. The Bertz CT molecular complexity index is 599. The Morgan fingerprint density at radius 2 is 1.83 bits per heavy atom. The zero-order valence-corrected chi connectivity index (χ0v) is 21.0. The second kappa shape index (κ2) is 13.3. The molecule has 1 saturated heterocycles. The van der Waals surface area contributed by atoms with E-state index in [2.05, 4.69) is 72.5 Å². The number of hydrogen-bond acceptors (Lipinski definition) is 4. The molecular formula is C22H39IN4O2. The van der Waals surface area contributed by atoms with Crippen LogP contribution in [0.2, 0.25) is 0 Å². The molecule has 1 aromatic carbocycles. The summed E-state index contributed by atoms with van der Waals surface area (Å²) in [6.45, 7) is 14.9. The first kappa shape index (κ1) is 26.0. The maximum Gasteiger partial charge on any atom is 0.191 e. The molecule has 2 rings (SSSR count). The summed E-state index contributed by atoms with van der Waals surface area (Å²) in [7, 11) is 1.82. The van der Waals surface area contributed by atoms with Crippen LogP contribution in [0.4, 0.5) is 0 Å². The van der Waals surface area contributed by atoms with E-state index in [0.717, 1.165) is 64.1 Å². The third-order valence-electron chi connectivity index (χ3n) is 4.99. The Morgan fingerprint density at radius 1 is 1.17 bits per heavy atom. The van der Waals surface area contributed by atoms with Gasteiger partial charge >= 0.3 is 0 Å². The zero-order chi connectivity index (χ0) is 20.4. The fourth-order valence-corrected chi connectivity index (χ4v) is 3.14. The molecule has 29 heavy (non-hydrogen) atoms. The van der Waals surface area contributed by atoms with E-state index in [1.54, 1.807) is 0 Å². The van der Waals surface area contributed by atoms with Crippen LogP contribution in [0, 0.1) is 5.92 Å². The van der Waals surface area contributed by atoms with Gasteiger partial charge in [-0.15, -0.1) is 24.0 Å². The highest BCUT2D eigenvalue weighted by Gasteiger charge is 2.28. The molecule has 7 heteroatoms. The average Bonchev–Trinajstić information content (AvgIpc) is 2.70. The van der Waals surface area contributed by atoms with Gasteiger partial charge in [-0.3, -0.25) is 9.89 Å². The molecule has 0 aliphatic carbocycles. The van der Waals surface area contributed by atoms with Crippen molar-refractivity contribution in [3.63, 3.8) is 0 Å². The monoisotopic (exact) mass is 518 g/mol. The number of halogens is 1. The van der Waals surface area contributed by atoms with Crippen LogP contribution in [0.15, 0.2) is 29.3 Å². The van der Waals surface area contributed by atoms with Gasteiger partial charge in [-0.2, -0.15) is 0 Å². The lowest BCUT2D eigenvalue weighted by Crippen LogP contribution is -2.56. The number of morpholine rings is 1. The van der Waals surface area contributed by atoms with Gasteiger partial charge in [0.15, 0.2) is 5.96 Å². The SMILES string of the molecule is CN=C(NCCc1ccc(OCC(C)C)cc1)NCC(C)(C)N1CCOCC1.I. The third-order valence-corrected chi connectivity index (χ3v) is 4.99. The molecule has 6 nitrogen and oxygen atoms in total.